The lowest BCUT2D eigenvalue weighted by molar-refractivity contribution is -0.169. The SMILES string of the molecule is CC(=O)OC[C@]12CC[C@@H](N)C[C@H]1CC[C@H]1[C@@H]3CC[C@H]([C@H](C)CCCC(C)C)[C@@]3(C)CC[C@@H]12. The molecule has 0 saturated heterocycles. The van der Waals surface area contributed by atoms with Crippen LogP contribution in [0.5, 0.6) is 0 Å². The second kappa shape index (κ2) is 9.59. The average Bonchev–Trinajstić information content (AvgIpc) is 3.09. The van der Waals surface area contributed by atoms with Crippen molar-refractivity contribution in [3.05, 3.63) is 0 Å². The van der Waals surface area contributed by atoms with Gasteiger partial charge in [-0.05, 0) is 105 Å². The van der Waals surface area contributed by atoms with Crippen molar-refractivity contribution in [1.29, 1.82) is 0 Å². The first-order chi connectivity index (χ1) is 15.2. The fourth-order valence-electron chi connectivity index (χ4n) is 9.62. The van der Waals surface area contributed by atoms with Crippen molar-refractivity contribution in [2.45, 2.75) is 118 Å². The van der Waals surface area contributed by atoms with Crippen molar-refractivity contribution >= 4 is 5.97 Å². The van der Waals surface area contributed by atoms with E-state index in [-0.39, 0.29) is 11.4 Å². The minimum atomic E-state index is -0.105. The number of carbonyl (C=O) groups excluding carboxylic acids is 1. The van der Waals surface area contributed by atoms with Crippen molar-refractivity contribution in [2.24, 2.45) is 58.0 Å². The normalized spacial score (nSPS) is 44.5. The summed E-state index contributed by atoms with van der Waals surface area (Å²) >= 11 is 0. The van der Waals surface area contributed by atoms with Crippen molar-refractivity contribution < 1.29 is 9.53 Å². The lowest BCUT2D eigenvalue weighted by atomic mass is 9.44. The van der Waals surface area contributed by atoms with Crippen LogP contribution < -0.4 is 5.73 Å². The van der Waals surface area contributed by atoms with Gasteiger partial charge in [0.25, 0.3) is 0 Å². The van der Waals surface area contributed by atoms with Gasteiger partial charge in [0.1, 0.15) is 0 Å². The van der Waals surface area contributed by atoms with Crippen molar-refractivity contribution in [1.82, 2.24) is 0 Å². The van der Waals surface area contributed by atoms with Crippen LogP contribution in [0.3, 0.4) is 0 Å². The molecule has 4 aliphatic carbocycles. The van der Waals surface area contributed by atoms with Crippen LogP contribution in [-0.4, -0.2) is 18.6 Å². The Balaban J connectivity index is 1.51. The van der Waals surface area contributed by atoms with E-state index < -0.39 is 0 Å². The number of esters is 1. The summed E-state index contributed by atoms with van der Waals surface area (Å²) in [6.07, 6.45) is 15.9. The molecule has 0 heterocycles. The van der Waals surface area contributed by atoms with Gasteiger partial charge < -0.3 is 10.5 Å². The third-order valence-electron chi connectivity index (χ3n) is 11.2. The molecule has 0 unspecified atom stereocenters. The number of rotatable bonds is 7. The molecule has 32 heavy (non-hydrogen) atoms. The summed E-state index contributed by atoms with van der Waals surface area (Å²) in [6.45, 7) is 12.2. The molecule has 4 fully saturated rings. The van der Waals surface area contributed by atoms with Crippen LogP contribution in [0.2, 0.25) is 0 Å². The highest BCUT2D eigenvalue weighted by Crippen LogP contribution is 2.68. The molecule has 0 bridgehead atoms. The van der Waals surface area contributed by atoms with Crippen LogP contribution >= 0.6 is 0 Å². The first-order valence-corrected chi connectivity index (χ1v) is 14.1. The standard InChI is InChI=1S/C29H51NO2/c1-19(2)7-6-8-20(3)25-11-12-26-24-10-9-22-17-23(30)13-16-29(22,18-32-21(4)31)27(24)14-15-28(25,26)5/h19-20,22-27H,6-18,30H2,1-5H3/t20-,22-,23-,24+,25-,26+,27+,28-,29-/m1/s1. The van der Waals surface area contributed by atoms with E-state index >= 15 is 0 Å². The third-order valence-corrected chi connectivity index (χ3v) is 11.2. The molecule has 4 saturated carbocycles. The van der Waals surface area contributed by atoms with E-state index in [1.807, 2.05) is 0 Å². The molecular weight excluding hydrogens is 394 g/mol. The first kappa shape index (κ1) is 24.6. The van der Waals surface area contributed by atoms with E-state index in [1.165, 1.54) is 64.2 Å². The van der Waals surface area contributed by atoms with Gasteiger partial charge in [-0.2, -0.15) is 0 Å². The van der Waals surface area contributed by atoms with Gasteiger partial charge >= 0.3 is 5.97 Å². The van der Waals surface area contributed by atoms with Gasteiger partial charge in [-0.1, -0.05) is 47.0 Å². The van der Waals surface area contributed by atoms with Gasteiger partial charge in [0.2, 0.25) is 0 Å². The van der Waals surface area contributed by atoms with E-state index in [0.717, 1.165) is 48.3 Å². The molecule has 2 N–H and O–H groups in total. The summed E-state index contributed by atoms with van der Waals surface area (Å²) < 4.78 is 5.81. The van der Waals surface area contributed by atoms with Gasteiger partial charge in [-0.25, -0.2) is 0 Å². The number of ether oxygens (including phenoxy) is 1. The minimum absolute atomic E-state index is 0.105. The Hall–Kier alpha value is -0.570. The summed E-state index contributed by atoms with van der Waals surface area (Å²) in [4.78, 5) is 11.8. The van der Waals surface area contributed by atoms with Gasteiger partial charge in [0, 0.05) is 18.4 Å². The lowest BCUT2D eigenvalue weighted by Gasteiger charge is -2.62. The Morgan fingerprint density at radius 1 is 1.00 bits per heavy atom. The maximum Gasteiger partial charge on any atom is 0.302 e. The molecular formula is C29H51NO2. The minimum Gasteiger partial charge on any atom is -0.465 e. The van der Waals surface area contributed by atoms with Crippen LogP contribution in [-0.2, 0) is 9.53 Å². The highest BCUT2D eigenvalue weighted by Gasteiger charge is 2.62. The molecule has 3 nitrogen and oxygen atoms in total. The zero-order valence-electron chi connectivity index (χ0n) is 21.7. The van der Waals surface area contributed by atoms with E-state index in [2.05, 4.69) is 27.7 Å². The zero-order chi connectivity index (χ0) is 23.1. The topological polar surface area (TPSA) is 52.3 Å². The van der Waals surface area contributed by atoms with Crippen LogP contribution in [0.1, 0.15) is 112 Å². The number of fused-ring (bicyclic) bond motifs is 5. The molecule has 0 spiro atoms. The van der Waals surface area contributed by atoms with E-state index in [0.29, 0.717) is 24.0 Å². The fraction of sp³-hybridized carbons (Fsp3) is 0.966. The van der Waals surface area contributed by atoms with Gasteiger partial charge in [-0.3, -0.25) is 4.79 Å². The number of hydrogen-bond donors (Lipinski definition) is 1. The molecule has 0 aromatic heterocycles. The Bertz CT molecular complexity index is 662. The summed E-state index contributed by atoms with van der Waals surface area (Å²) in [5.74, 6) is 5.60. The molecule has 4 aliphatic rings. The van der Waals surface area contributed by atoms with Gasteiger partial charge in [0.15, 0.2) is 0 Å². The third kappa shape index (κ3) is 4.41. The molecule has 0 radical (unpaired) electrons. The Morgan fingerprint density at radius 2 is 1.78 bits per heavy atom. The maximum absolute atomic E-state index is 11.8. The van der Waals surface area contributed by atoms with E-state index in [4.69, 9.17) is 10.5 Å². The van der Waals surface area contributed by atoms with Crippen LogP contribution in [0.25, 0.3) is 0 Å². The summed E-state index contributed by atoms with van der Waals surface area (Å²) in [5, 5.41) is 0. The molecule has 3 heteroatoms. The molecule has 184 valence electrons. The van der Waals surface area contributed by atoms with Gasteiger partial charge in [0.05, 0.1) is 6.61 Å². The zero-order valence-corrected chi connectivity index (χ0v) is 21.7. The van der Waals surface area contributed by atoms with E-state index in [1.54, 1.807) is 6.92 Å². The lowest BCUT2D eigenvalue weighted by Crippen LogP contribution is -2.57. The number of nitrogens with two attached hydrogens (primary N) is 1. The highest BCUT2D eigenvalue weighted by molar-refractivity contribution is 5.65. The first-order valence-electron chi connectivity index (χ1n) is 14.1. The van der Waals surface area contributed by atoms with Gasteiger partial charge in [-0.15, -0.1) is 0 Å². The summed E-state index contributed by atoms with van der Waals surface area (Å²) in [5.41, 5.74) is 7.16. The average molecular weight is 446 g/mol. The van der Waals surface area contributed by atoms with E-state index in [9.17, 15) is 4.79 Å². The predicted molar refractivity (Wildman–Crippen MR) is 132 cm³/mol. The second-order valence-corrected chi connectivity index (χ2v) is 13.2. The van der Waals surface area contributed by atoms with Crippen molar-refractivity contribution in [2.75, 3.05) is 6.61 Å². The molecule has 0 amide bonds. The van der Waals surface area contributed by atoms with Crippen LogP contribution in [0.15, 0.2) is 0 Å². The van der Waals surface area contributed by atoms with Crippen molar-refractivity contribution in [3.63, 3.8) is 0 Å². The van der Waals surface area contributed by atoms with Crippen molar-refractivity contribution in [3.8, 4) is 0 Å². The maximum atomic E-state index is 11.8. The summed E-state index contributed by atoms with van der Waals surface area (Å²) in [7, 11) is 0. The highest BCUT2D eigenvalue weighted by atomic mass is 16.5. The fourth-order valence-corrected chi connectivity index (χ4v) is 9.62. The quantitative estimate of drug-likeness (QED) is 0.430. The summed E-state index contributed by atoms with van der Waals surface area (Å²) in [6, 6.07) is 0.346. The molecule has 9 atom stereocenters. The smallest absolute Gasteiger partial charge is 0.302 e. The van der Waals surface area contributed by atoms with Crippen LogP contribution in [0.4, 0.5) is 0 Å². The molecule has 4 rings (SSSR count). The number of carbonyl (C=O) groups is 1. The molecule has 0 aliphatic heterocycles. The Labute approximate surface area is 198 Å². The number of hydrogen-bond acceptors (Lipinski definition) is 3. The monoisotopic (exact) mass is 445 g/mol. The molecule has 0 aromatic carbocycles. The molecule has 0 aromatic rings. The predicted octanol–water partition coefficient (Wildman–Crippen LogP) is 6.98. The van der Waals surface area contributed by atoms with Crippen LogP contribution in [0, 0.1) is 52.3 Å². The Morgan fingerprint density at radius 3 is 2.50 bits per heavy atom. The second-order valence-electron chi connectivity index (χ2n) is 13.2. The Kier molecular flexibility index (Phi) is 7.36. The largest absolute Gasteiger partial charge is 0.465 e.